The molecule has 0 aromatic heterocycles. The van der Waals surface area contributed by atoms with Crippen LogP contribution in [0.2, 0.25) is 0 Å². The van der Waals surface area contributed by atoms with Crippen molar-refractivity contribution >= 4 is 41.7 Å². The standard InChI is InChI=1S/H7P5/c1-4-5(2)3/h4H,1-3H2/i4T. The average Bonchev–Trinajstić information content (AvgIpc) is 1.36. The molecular weight excluding hydrogens is 155 g/mol. The lowest BCUT2D eigenvalue weighted by molar-refractivity contribution is 5.07. The number of hydrogen-bond donors (Lipinski definition) is 0. The minimum atomic E-state index is -0.502. The lowest BCUT2D eigenvalue weighted by Crippen LogP contribution is -0.986. The topological polar surface area (TPSA) is 0 Å². The molecule has 4 unspecified atom stereocenters. The first-order valence-electron chi connectivity index (χ1n) is 1.42. The molecule has 4 atom stereocenters. The monoisotopic (exact) mass is 164 g/mol. The van der Waals surface area contributed by atoms with E-state index in [9.17, 15) is 0 Å². The molecule has 5 heteroatoms. The summed E-state index contributed by atoms with van der Waals surface area (Å²) in [7, 11) is 7.23. The highest BCUT2D eigenvalue weighted by molar-refractivity contribution is 8.77. The summed E-state index contributed by atoms with van der Waals surface area (Å²) in [6, 6.07) is 0. The first kappa shape index (κ1) is 5.29. The highest BCUT2D eigenvalue weighted by Crippen LogP contribution is 2.71. The third-order valence-corrected chi connectivity index (χ3v) is 10.8. The summed E-state index contributed by atoms with van der Waals surface area (Å²) < 4.78 is 7.05. The lowest BCUT2D eigenvalue weighted by Gasteiger charge is -1.92. The quantitative estimate of drug-likeness (QED) is 0.522. The average molecular weight is 164 g/mol. The SMILES string of the molecule is [3H]P(P)P(P)P. The molecule has 0 aromatic carbocycles. The van der Waals surface area contributed by atoms with Gasteiger partial charge in [0.2, 0.25) is 0 Å². The molecule has 0 saturated heterocycles. The molecule has 0 bridgehead atoms. The summed E-state index contributed by atoms with van der Waals surface area (Å²) in [5, 5.41) is 0. The summed E-state index contributed by atoms with van der Waals surface area (Å²) in [4.78, 5) is 0. The van der Waals surface area contributed by atoms with Crippen LogP contribution >= 0.6 is 41.7 Å². The largest absolute Gasteiger partial charge is 0.109 e. The summed E-state index contributed by atoms with van der Waals surface area (Å²) in [6.07, 6.45) is 0. The van der Waals surface area contributed by atoms with E-state index >= 15 is 0 Å². The number of rotatable bonds is 1. The smallest absolute Gasteiger partial charge is 0.0677 e. The van der Waals surface area contributed by atoms with Crippen molar-refractivity contribution in [3.8, 4) is 0 Å². The molecule has 32 valence electrons. The van der Waals surface area contributed by atoms with Crippen molar-refractivity contribution in [1.82, 2.24) is 0 Å². The first-order chi connectivity index (χ1) is 2.64. The Labute approximate surface area is 43.6 Å². The van der Waals surface area contributed by atoms with Crippen molar-refractivity contribution in [2.45, 2.75) is 0 Å². The fraction of sp³-hybridized carbons (Fsp3) is 0. The molecule has 0 nitrogen and oxygen atoms in total. The normalized spacial score (nSPS) is 18.8. The maximum Gasteiger partial charge on any atom is 0.0677 e. The van der Waals surface area contributed by atoms with Gasteiger partial charge in [0, 0.05) is 0 Å². The zero-order valence-electron chi connectivity index (χ0n) is 3.63. The van der Waals surface area contributed by atoms with Gasteiger partial charge in [-0.1, -0.05) is 7.90 Å². The lowest BCUT2D eigenvalue weighted by atomic mass is 29.1. The predicted octanol–water partition coefficient (Wildman–Crippen LogP) is 2.43. The van der Waals surface area contributed by atoms with Gasteiger partial charge in [0.1, 0.15) is 0 Å². The Morgan fingerprint density at radius 1 is 1.80 bits per heavy atom. The van der Waals surface area contributed by atoms with Crippen LogP contribution in [0.15, 0.2) is 0 Å². The molecule has 0 aliphatic rings. The number of hydrogen-bond acceptors (Lipinski definition) is 0. The van der Waals surface area contributed by atoms with Crippen LogP contribution in [-0.4, -0.2) is 1.28 Å². The van der Waals surface area contributed by atoms with Gasteiger partial charge < -0.3 is 0 Å². The third kappa shape index (κ3) is 6.15. The van der Waals surface area contributed by atoms with Crippen LogP contribution in [0.5, 0.6) is 0 Å². The highest BCUT2D eigenvalue weighted by Gasteiger charge is 1.78. The van der Waals surface area contributed by atoms with Crippen molar-refractivity contribution < 1.29 is 0 Å². The molecule has 0 amide bonds. The summed E-state index contributed by atoms with van der Waals surface area (Å²) in [6.45, 7) is -0.132. The van der Waals surface area contributed by atoms with Crippen molar-refractivity contribution in [2.24, 2.45) is 0 Å². The van der Waals surface area contributed by atoms with E-state index in [0.29, 0.717) is 0 Å². The molecular formula is H7P5. The van der Waals surface area contributed by atoms with Crippen LogP contribution in [0.3, 0.4) is 0 Å². The van der Waals surface area contributed by atoms with E-state index in [2.05, 4.69) is 26.8 Å². The van der Waals surface area contributed by atoms with Crippen LogP contribution < -0.4 is 0 Å². The van der Waals surface area contributed by atoms with E-state index in [1.54, 1.807) is 0 Å². The van der Waals surface area contributed by atoms with E-state index in [1.165, 1.54) is 0 Å². The second-order valence-electron chi connectivity index (χ2n) is 0.495. The van der Waals surface area contributed by atoms with Gasteiger partial charge in [0.05, 0.1) is 1.28 Å². The van der Waals surface area contributed by atoms with Gasteiger partial charge >= 0.3 is 0 Å². The zero-order chi connectivity index (χ0) is 5.15. The fourth-order valence-electron chi connectivity index (χ4n) is 0. The Morgan fingerprint density at radius 2 is 2.00 bits per heavy atom. The molecule has 0 rings (SSSR count). The maximum absolute atomic E-state index is 7.05. The minimum Gasteiger partial charge on any atom is -0.109 e. The van der Waals surface area contributed by atoms with Gasteiger partial charge in [-0.15, -0.1) is 26.8 Å². The van der Waals surface area contributed by atoms with E-state index in [4.69, 9.17) is 1.28 Å². The Balaban J connectivity index is 2.99. The Kier molecular flexibility index (Phi) is 4.56. The highest BCUT2D eigenvalue weighted by atomic mass is 32.8. The van der Waals surface area contributed by atoms with Crippen molar-refractivity contribution in [1.29, 1.82) is 1.28 Å². The van der Waals surface area contributed by atoms with Gasteiger partial charge in [-0.25, -0.2) is 0 Å². The van der Waals surface area contributed by atoms with Crippen LogP contribution in [0.25, 0.3) is 0 Å². The molecule has 0 heterocycles. The summed E-state index contributed by atoms with van der Waals surface area (Å²) in [5.41, 5.74) is 0. The molecule has 0 saturated carbocycles. The summed E-state index contributed by atoms with van der Waals surface area (Å²) >= 11 is 0. The van der Waals surface area contributed by atoms with Crippen LogP contribution in [-0.2, 0) is 0 Å². The Morgan fingerprint density at radius 3 is 2.00 bits per heavy atom. The molecule has 0 radical (unpaired) electrons. The molecule has 0 aromatic rings. The predicted molar refractivity (Wildman–Crippen MR) is 44.4 cm³/mol. The van der Waals surface area contributed by atoms with Crippen LogP contribution in [0.4, 0.5) is 0 Å². The molecule has 0 spiro atoms. The van der Waals surface area contributed by atoms with Gasteiger partial charge in [-0.05, 0) is 6.99 Å². The minimum absolute atomic E-state index is 0.132. The second kappa shape index (κ2) is 4.31. The van der Waals surface area contributed by atoms with Crippen LogP contribution in [0, 0.1) is 0 Å². The molecule has 5 heavy (non-hydrogen) atoms. The maximum atomic E-state index is 7.05. The van der Waals surface area contributed by atoms with Crippen molar-refractivity contribution in [3.63, 3.8) is 0 Å². The van der Waals surface area contributed by atoms with Gasteiger partial charge in [-0.3, -0.25) is 0 Å². The first-order valence-corrected chi connectivity index (χ1v) is 8.77. The van der Waals surface area contributed by atoms with Crippen molar-refractivity contribution in [2.75, 3.05) is 0 Å². The Hall–Kier alpha value is 2.15. The van der Waals surface area contributed by atoms with Crippen molar-refractivity contribution in [3.05, 3.63) is 0 Å². The van der Waals surface area contributed by atoms with Gasteiger partial charge in [0.25, 0.3) is 0 Å². The summed E-state index contributed by atoms with van der Waals surface area (Å²) in [5.74, 6) is 0. The molecule has 0 fully saturated rings. The third-order valence-electron chi connectivity index (χ3n) is 0.133. The molecule has 0 aliphatic carbocycles. The van der Waals surface area contributed by atoms with E-state index in [-0.39, 0.29) is 6.99 Å². The van der Waals surface area contributed by atoms with E-state index in [0.717, 1.165) is 0 Å². The fourth-order valence-corrected chi connectivity index (χ4v) is 0. The second-order valence-corrected chi connectivity index (χ2v) is 13.4. The van der Waals surface area contributed by atoms with E-state index < -0.39 is 7.90 Å². The van der Waals surface area contributed by atoms with E-state index in [1.807, 2.05) is 0 Å². The van der Waals surface area contributed by atoms with Gasteiger partial charge in [-0.2, -0.15) is 0 Å². The van der Waals surface area contributed by atoms with Crippen LogP contribution in [0.1, 0.15) is 0 Å². The zero-order valence-corrected chi connectivity index (χ0v) is 7.88. The van der Waals surface area contributed by atoms with Gasteiger partial charge in [0.15, 0.2) is 0 Å². The molecule has 0 aliphatic heterocycles. The Bertz CT molecular complexity index is 24.9. The molecule has 0 N–H and O–H groups in total.